The molecule has 4 heterocycles. The number of fused-ring (bicyclic) bond motifs is 2. The molecule has 0 saturated carbocycles. The third kappa shape index (κ3) is 2.29. The monoisotopic (exact) mass is 322 g/mol. The van der Waals surface area contributed by atoms with Gasteiger partial charge in [-0.1, -0.05) is 0 Å². The summed E-state index contributed by atoms with van der Waals surface area (Å²) >= 11 is 0. The highest BCUT2D eigenvalue weighted by Crippen LogP contribution is 2.30. The molecule has 2 saturated heterocycles. The zero-order valence-corrected chi connectivity index (χ0v) is 14.5. The van der Waals surface area contributed by atoms with Gasteiger partial charge in [0, 0.05) is 50.7 Å². The predicted octanol–water partition coefficient (Wildman–Crippen LogP) is 1.46. The number of aryl methyl sites for hydroxylation is 2. The molecule has 2 aliphatic heterocycles. The number of likely N-dealkylation sites (N-methyl/N-ethyl adjacent to an activating group) is 1. The summed E-state index contributed by atoms with van der Waals surface area (Å²) in [7, 11) is 6.27. The van der Waals surface area contributed by atoms with Crippen LogP contribution >= 0.6 is 0 Å². The summed E-state index contributed by atoms with van der Waals surface area (Å²) in [6.07, 6.45) is 10.4. The minimum atomic E-state index is 0.232. The van der Waals surface area contributed by atoms with Crippen molar-refractivity contribution in [2.24, 2.45) is 14.1 Å². The van der Waals surface area contributed by atoms with E-state index < -0.39 is 0 Å². The van der Waals surface area contributed by atoms with E-state index in [1.165, 1.54) is 4.90 Å². The number of rotatable bonds is 2. The molecule has 0 aliphatic carbocycles. The van der Waals surface area contributed by atoms with Gasteiger partial charge in [-0.05, 0) is 36.4 Å². The second kappa shape index (κ2) is 5.64. The van der Waals surface area contributed by atoms with E-state index in [0.717, 1.165) is 35.4 Å². The molecule has 0 aromatic carbocycles. The quantitative estimate of drug-likeness (QED) is 0.834. The number of hydrogen-bond acceptors (Lipinski definition) is 1. The summed E-state index contributed by atoms with van der Waals surface area (Å²) < 4.78 is 4.13. The third-order valence-corrected chi connectivity index (χ3v) is 5.69. The number of nitrogens with zero attached hydrogens (tertiary/aromatic N) is 2. The van der Waals surface area contributed by atoms with Gasteiger partial charge in [-0.25, -0.2) is 0 Å². The second-order valence-corrected chi connectivity index (χ2v) is 7.04. The van der Waals surface area contributed by atoms with Crippen molar-refractivity contribution in [2.45, 2.75) is 24.9 Å². The molecule has 3 atom stereocenters. The molecular weight excluding hydrogens is 298 g/mol. The number of nitrogens with one attached hydrogen (secondary N) is 1. The maximum absolute atomic E-state index is 13.2. The number of hydrogen-bond donors (Lipinski definition) is 1. The molecule has 2 bridgehead atoms. The summed E-state index contributed by atoms with van der Waals surface area (Å²) in [6.45, 7) is 0. The lowest BCUT2D eigenvalue weighted by Crippen LogP contribution is -3.16. The molecule has 0 amide bonds. The van der Waals surface area contributed by atoms with Crippen LogP contribution in [0.1, 0.15) is 24.2 Å². The molecule has 24 heavy (non-hydrogen) atoms. The smallest absolute Gasteiger partial charge is 0.197 e. The van der Waals surface area contributed by atoms with Crippen LogP contribution in [-0.2, 0) is 18.9 Å². The van der Waals surface area contributed by atoms with Crippen LogP contribution in [0.4, 0.5) is 0 Å². The fraction of sp³-hybridized carbons (Fsp3) is 0.350. The Labute approximate surface area is 142 Å². The van der Waals surface area contributed by atoms with Gasteiger partial charge in [0.25, 0.3) is 0 Å². The Bertz CT molecular complexity index is 784. The minimum Gasteiger partial charge on any atom is -0.351 e. The van der Waals surface area contributed by atoms with E-state index in [4.69, 9.17) is 0 Å². The van der Waals surface area contributed by atoms with Crippen LogP contribution in [0.2, 0.25) is 0 Å². The average molecular weight is 322 g/mol. The van der Waals surface area contributed by atoms with Gasteiger partial charge in [0.2, 0.25) is 0 Å². The summed E-state index contributed by atoms with van der Waals surface area (Å²) in [5.74, 6) is 0.232. The van der Waals surface area contributed by atoms with Crippen LogP contribution in [0.3, 0.4) is 0 Å². The minimum absolute atomic E-state index is 0.232. The maximum Gasteiger partial charge on any atom is 0.197 e. The fourth-order valence-electron chi connectivity index (χ4n) is 4.22. The lowest BCUT2D eigenvalue weighted by molar-refractivity contribution is -0.906. The Balaban J connectivity index is 1.81. The highest BCUT2D eigenvalue weighted by Gasteiger charge is 2.48. The van der Waals surface area contributed by atoms with Crippen molar-refractivity contribution >= 4 is 17.9 Å². The number of carbonyl (C=O) groups is 1. The van der Waals surface area contributed by atoms with Gasteiger partial charge in [-0.15, -0.1) is 0 Å². The number of ketones is 1. The molecule has 0 spiro atoms. The van der Waals surface area contributed by atoms with E-state index in [9.17, 15) is 4.79 Å². The Morgan fingerprint density at radius 3 is 1.79 bits per heavy atom. The van der Waals surface area contributed by atoms with Crippen LogP contribution in [0, 0.1) is 0 Å². The van der Waals surface area contributed by atoms with Crippen molar-refractivity contribution in [3.8, 4) is 0 Å². The van der Waals surface area contributed by atoms with Crippen molar-refractivity contribution < 1.29 is 9.69 Å². The predicted molar refractivity (Wildman–Crippen MR) is 95.5 cm³/mol. The van der Waals surface area contributed by atoms with Gasteiger partial charge in [-0.3, -0.25) is 4.79 Å². The van der Waals surface area contributed by atoms with E-state index in [2.05, 4.69) is 40.5 Å². The van der Waals surface area contributed by atoms with Crippen molar-refractivity contribution in [2.75, 3.05) is 7.05 Å². The van der Waals surface area contributed by atoms with E-state index in [0.29, 0.717) is 12.1 Å². The number of Topliss-reactive ketones (excluding diaryl/α,β-unsaturated/α-hetero) is 1. The van der Waals surface area contributed by atoms with Gasteiger partial charge < -0.3 is 14.0 Å². The van der Waals surface area contributed by atoms with E-state index in [-0.39, 0.29) is 5.78 Å². The highest BCUT2D eigenvalue weighted by atomic mass is 16.1. The van der Waals surface area contributed by atoms with E-state index in [1.807, 2.05) is 38.6 Å². The topological polar surface area (TPSA) is 31.4 Å². The molecule has 4 rings (SSSR count). The summed E-state index contributed by atoms with van der Waals surface area (Å²) in [5.41, 5.74) is 4.11. The number of quaternary nitrogens is 1. The summed E-state index contributed by atoms with van der Waals surface area (Å²) in [5, 5.41) is 0. The lowest BCUT2D eigenvalue weighted by atomic mass is 9.89. The molecule has 2 fully saturated rings. The number of carbonyl (C=O) groups excluding carboxylic acids is 1. The SMILES string of the molecule is Cn1cccc1/C=C1\C(=O)/C(=C\c2cccn2C)[C@@H]2CC[C@H]1[NH+]2C. The normalized spacial score (nSPS) is 29.8. The van der Waals surface area contributed by atoms with Crippen molar-refractivity contribution in [3.63, 3.8) is 0 Å². The molecule has 4 heteroatoms. The Hall–Kier alpha value is -2.33. The number of piperidine rings is 1. The van der Waals surface area contributed by atoms with Crippen LogP contribution in [0.25, 0.3) is 12.2 Å². The third-order valence-electron chi connectivity index (χ3n) is 5.69. The van der Waals surface area contributed by atoms with Gasteiger partial charge in [0.15, 0.2) is 5.78 Å². The first-order valence-electron chi connectivity index (χ1n) is 8.60. The standard InChI is InChI=1S/C20H23N3O/c1-21-10-4-6-14(21)12-16-18-8-9-19(23(18)3)17(20(16)24)13-15-7-5-11-22(15)2/h4-7,10-13,18-19H,8-9H2,1-3H3/p+1/b16-12-,17-13-/t18-,19+. The largest absolute Gasteiger partial charge is 0.351 e. The van der Waals surface area contributed by atoms with Gasteiger partial charge >= 0.3 is 0 Å². The lowest BCUT2D eigenvalue weighted by Gasteiger charge is -2.31. The number of aromatic nitrogens is 2. The maximum atomic E-state index is 13.2. The molecule has 124 valence electrons. The van der Waals surface area contributed by atoms with Crippen LogP contribution in [0.15, 0.2) is 47.8 Å². The fourth-order valence-corrected chi connectivity index (χ4v) is 4.22. The van der Waals surface area contributed by atoms with Gasteiger partial charge in [0.1, 0.15) is 12.1 Å². The second-order valence-electron chi connectivity index (χ2n) is 7.04. The zero-order chi connectivity index (χ0) is 16.8. The highest BCUT2D eigenvalue weighted by molar-refractivity contribution is 6.15. The van der Waals surface area contributed by atoms with Crippen molar-refractivity contribution in [3.05, 3.63) is 59.2 Å². The average Bonchev–Trinajstić information content (AvgIpc) is 3.22. The first-order chi connectivity index (χ1) is 11.6. The molecule has 0 radical (unpaired) electrons. The van der Waals surface area contributed by atoms with Crippen LogP contribution < -0.4 is 4.90 Å². The molecular formula is C20H24N3O+. The van der Waals surface area contributed by atoms with E-state index in [1.54, 1.807) is 0 Å². The van der Waals surface area contributed by atoms with Crippen LogP contribution in [-0.4, -0.2) is 34.0 Å². The molecule has 2 aliphatic rings. The first kappa shape index (κ1) is 15.2. The van der Waals surface area contributed by atoms with Crippen LogP contribution in [0.5, 0.6) is 0 Å². The molecule has 4 nitrogen and oxygen atoms in total. The van der Waals surface area contributed by atoms with Gasteiger partial charge in [0.05, 0.1) is 18.2 Å². The molecule has 2 aromatic rings. The molecule has 1 N–H and O–H groups in total. The first-order valence-corrected chi connectivity index (χ1v) is 8.60. The van der Waals surface area contributed by atoms with Crippen molar-refractivity contribution in [1.29, 1.82) is 0 Å². The zero-order valence-electron chi connectivity index (χ0n) is 14.5. The van der Waals surface area contributed by atoms with Gasteiger partial charge in [-0.2, -0.15) is 0 Å². The summed E-state index contributed by atoms with van der Waals surface area (Å²) in [4.78, 5) is 14.7. The Morgan fingerprint density at radius 1 is 0.958 bits per heavy atom. The molecule has 2 aromatic heterocycles. The summed E-state index contributed by atoms with van der Waals surface area (Å²) in [6, 6.07) is 8.82. The van der Waals surface area contributed by atoms with Crippen molar-refractivity contribution in [1.82, 2.24) is 9.13 Å². The molecule has 1 unspecified atom stereocenters. The van der Waals surface area contributed by atoms with E-state index >= 15 is 0 Å². The Kier molecular flexibility index (Phi) is 3.57. The Morgan fingerprint density at radius 2 is 1.42 bits per heavy atom.